The molecule has 11 heteroatoms. The maximum atomic E-state index is 12.1. The van der Waals surface area contributed by atoms with Crippen LogP contribution in [0.3, 0.4) is 0 Å². The molecule has 0 fully saturated rings. The molecule has 0 saturated carbocycles. The Morgan fingerprint density at radius 1 is 0.848 bits per heavy atom. The molecule has 1 atom stereocenters. The fourth-order valence-corrected chi connectivity index (χ4v) is 2.19. The zero-order valence-electron chi connectivity index (χ0n) is 19.4. The minimum absolute atomic E-state index is 0.212. The summed E-state index contributed by atoms with van der Waals surface area (Å²) in [6, 6.07) is 2.05. The number of phenols is 1. The molecule has 1 aromatic rings. The number of amides is 1. The van der Waals surface area contributed by atoms with Gasteiger partial charge in [-0.25, -0.2) is 9.59 Å². The highest BCUT2D eigenvalue weighted by molar-refractivity contribution is 6.06. The Hall–Kier alpha value is -3.63. The molecule has 186 valence electrons. The van der Waals surface area contributed by atoms with Crippen molar-refractivity contribution in [2.75, 3.05) is 0 Å². The summed E-state index contributed by atoms with van der Waals surface area (Å²) in [5.74, 6) is -5.15. The number of carbonyl (C=O) groups excluding carboxylic acids is 1. The van der Waals surface area contributed by atoms with Gasteiger partial charge in [0.25, 0.3) is 5.91 Å². The van der Waals surface area contributed by atoms with Gasteiger partial charge in [0.1, 0.15) is 11.8 Å². The minimum Gasteiger partial charge on any atom is -0.508 e. The molecule has 11 nitrogen and oxygen atoms in total. The van der Waals surface area contributed by atoms with Crippen molar-refractivity contribution in [2.24, 2.45) is 5.41 Å². The number of aromatic carboxylic acids is 1. The number of nitrogens with one attached hydrogen (secondary N) is 1. The number of hydrogen-bond donors (Lipinski definition) is 6. The Morgan fingerprint density at radius 3 is 1.58 bits per heavy atom. The van der Waals surface area contributed by atoms with Crippen LogP contribution in [0.2, 0.25) is 0 Å². The lowest BCUT2D eigenvalue weighted by molar-refractivity contribution is -0.142. The molecule has 0 aliphatic carbocycles. The van der Waals surface area contributed by atoms with E-state index in [-0.39, 0.29) is 11.3 Å². The SMILES string of the molecule is CC(C)(C)[C@H](NC(=O)c1ccc(O)cc1C(=O)O)C(=O)O.CCCC(=O)O.CCCC(=O)O. The van der Waals surface area contributed by atoms with E-state index in [0.717, 1.165) is 31.0 Å². The van der Waals surface area contributed by atoms with Crippen LogP contribution in [0.15, 0.2) is 18.2 Å². The van der Waals surface area contributed by atoms with Crippen molar-refractivity contribution in [3.05, 3.63) is 29.3 Å². The van der Waals surface area contributed by atoms with Crippen LogP contribution in [-0.2, 0) is 14.4 Å². The van der Waals surface area contributed by atoms with Gasteiger partial charge in [-0.1, -0.05) is 34.6 Å². The van der Waals surface area contributed by atoms with Crippen molar-refractivity contribution in [1.29, 1.82) is 0 Å². The molecule has 0 radical (unpaired) electrons. The molecule has 1 rings (SSSR count). The molecule has 0 unspecified atom stereocenters. The molecular weight excluding hydrogens is 438 g/mol. The average Bonchev–Trinajstić information content (AvgIpc) is 2.65. The third-order valence-corrected chi connectivity index (χ3v) is 3.79. The summed E-state index contributed by atoms with van der Waals surface area (Å²) in [6.45, 7) is 8.60. The van der Waals surface area contributed by atoms with Crippen LogP contribution in [-0.4, -0.2) is 61.4 Å². The highest BCUT2D eigenvalue weighted by atomic mass is 16.4. The Kier molecular flexibility index (Phi) is 14.6. The van der Waals surface area contributed by atoms with Gasteiger partial charge >= 0.3 is 23.9 Å². The molecule has 6 N–H and O–H groups in total. The van der Waals surface area contributed by atoms with Crippen LogP contribution < -0.4 is 5.32 Å². The standard InChI is InChI=1S/C14H17NO6.2C4H8O2/c1-14(2,3)10(13(20)21)15-11(17)8-5-4-7(16)6-9(8)12(18)19;2*1-2-3-4(5)6/h4-6,10,16H,1-3H3,(H,15,17)(H,18,19)(H,20,21);2*2-3H2,1H3,(H,5,6)/t10-;;/m1../s1. The number of carboxylic acids is 4. The van der Waals surface area contributed by atoms with Crippen LogP contribution in [0, 0.1) is 5.41 Å². The zero-order valence-corrected chi connectivity index (χ0v) is 19.4. The Morgan fingerprint density at radius 2 is 1.30 bits per heavy atom. The highest BCUT2D eigenvalue weighted by Gasteiger charge is 2.33. The largest absolute Gasteiger partial charge is 0.508 e. The first-order chi connectivity index (χ1) is 15.1. The number of phenolic OH excluding ortho intramolecular Hbond substituents is 1. The summed E-state index contributed by atoms with van der Waals surface area (Å²) in [5, 5.41) is 45.6. The fraction of sp³-hybridized carbons (Fsp3) is 0.500. The van der Waals surface area contributed by atoms with E-state index in [1.165, 1.54) is 0 Å². The van der Waals surface area contributed by atoms with Gasteiger partial charge in [-0.15, -0.1) is 0 Å². The first-order valence-electron chi connectivity index (χ1n) is 10.1. The predicted octanol–water partition coefficient (Wildman–Crippen LogP) is 3.06. The lowest BCUT2D eigenvalue weighted by Gasteiger charge is -2.27. The van der Waals surface area contributed by atoms with Crippen LogP contribution in [0.1, 0.15) is 81.0 Å². The smallest absolute Gasteiger partial charge is 0.336 e. The number of carboxylic acid groups (broad SMARTS) is 4. The zero-order chi connectivity index (χ0) is 26.4. The molecule has 0 aliphatic heterocycles. The molecule has 0 saturated heterocycles. The monoisotopic (exact) mass is 471 g/mol. The van der Waals surface area contributed by atoms with E-state index in [2.05, 4.69) is 5.32 Å². The number of aromatic hydroxyl groups is 1. The number of rotatable bonds is 8. The van der Waals surface area contributed by atoms with Gasteiger partial charge in [0.15, 0.2) is 0 Å². The van der Waals surface area contributed by atoms with Crippen molar-refractivity contribution in [3.8, 4) is 5.75 Å². The van der Waals surface area contributed by atoms with Crippen LogP contribution in [0.4, 0.5) is 0 Å². The van der Waals surface area contributed by atoms with Crippen molar-refractivity contribution < 1.29 is 49.5 Å². The fourth-order valence-electron chi connectivity index (χ4n) is 2.19. The summed E-state index contributed by atoms with van der Waals surface area (Å²) in [4.78, 5) is 53.6. The lowest BCUT2D eigenvalue weighted by Crippen LogP contribution is -2.49. The third-order valence-electron chi connectivity index (χ3n) is 3.79. The van der Waals surface area contributed by atoms with Crippen molar-refractivity contribution in [2.45, 2.75) is 66.3 Å². The van der Waals surface area contributed by atoms with E-state index in [9.17, 15) is 29.1 Å². The Bertz CT molecular complexity index is 811. The molecule has 0 aliphatic rings. The average molecular weight is 472 g/mol. The summed E-state index contributed by atoms with van der Waals surface area (Å²) in [7, 11) is 0. The van der Waals surface area contributed by atoms with E-state index in [1.54, 1.807) is 20.8 Å². The van der Waals surface area contributed by atoms with Crippen LogP contribution in [0.25, 0.3) is 0 Å². The first-order valence-corrected chi connectivity index (χ1v) is 10.1. The second-order valence-electron chi connectivity index (χ2n) is 7.93. The molecule has 1 amide bonds. The quantitative estimate of drug-likeness (QED) is 0.327. The van der Waals surface area contributed by atoms with Gasteiger partial charge in [0.05, 0.1) is 11.1 Å². The molecule has 33 heavy (non-hydrogen) atoms. The molecule has 0 heterocycles. The summed E-state index contributed by atoms with van der Waals surface area (Å²) in [5.41, 5.74) is -1.36. The predicted molar refractivity (Wildman–Crippen MR) is 118 cm³/mol. The summed E-state index contributed by atoms with van der Waals surface area (Å²) in [6.07, 6.45) is 2.05. The van der Waals surface area contributed by atoms with Gasteiger partial charge in [0.2, 0.25) is 0 Å². The van der Waals surface area contributed by atoms with Crippen molar-refractivity contribution >= 4 is 29.8 Å². The Balaban J connectivity index is 0. The van der Waals surface area contributed by atoms with E-state index >= 15 is 0 Å². The normalized spacial score (nSPS) is 10.9. The number of aliphatic carboxylic acids is 3. The molecule has 0 aromatic heterocycles. The summed E-state index contributed by atoms with van der Waals surface area (Å²) >= 11 is 0. The molecular formula is C22H33NO10. The van der Waals surface area contributed by atoms with E-state index in [0.29, 0.717) is 12.8 Å². The molecule has 1 aromatic carbocycles. The van der Waals surface area contributed by atoms with E-state index < -0.39 is 46.8 Å². The molecule has 0 spiro atoms. The van der Waals surface area contributed by atoms with E-state index in [4.69, 9.17) is 20.4 Å². The van der Waals surface area contributed by atoms with Gasteiger partial charge in [0, 0.05) is 12.8 Å². The van der Waals surface area contributed by atoms with Gasteiger partial charge in [-0.3, -0.25) is 14.4 Å². The maximum absolute atomic E-state index is 12.1. The van der Waals surface area contributed by atoms with Crippen LogP contribution >= 0.6 is 0 Å². The summed E-state index contributed by atoms with van der Waals surface area (Å²) < 4.78 is 0. The van der Waals surface area contributed by atoms with Crippen LogP contribution in [0.5, 0.6) is 5.75 Å². The number of benzene rings is 1. The second-order valence-corrected chi connectivity index (χ2v) is 7.93. The maximum Gasteiger partial charge on any atom is 0.336 e. The Labute approximate surface area is 192 Å². The lowest BCUT2D eigenvalue weighted by atomic mass is 9.86. The van der Waals surface area contributed by atoms with Gasteiger partial charge < -0.3 is 30.8 Å². The van der Waals surface area contributed by atoms with E-state index in [1.807, 2.05) is 13.8 Å². The highest BCUT2D eigenvalue weighted by Crippen LogP contribution is 2.21. The first kappa shape index (κ1) is 31.6. The number of carbonyl (C=O) groups is 5. The van der Waals surface area contributed by atoms with Crippen molar-refractivity contribution in [1.82, 2.24) is 5.32 Å². The minimum atomic E-state index is -1.39. The van der Waals surface area contributed by atoms with Crippen molar-refractivity contribution in [3.63, 3.8) is 0 Å². The third kappa shape index (κ3) is 14.1. The van der Waals surface area contributed by atoms with Gasteiger partial charge in [-0.2, -0.15) is 0 Å². The number of hydrogen-bond acceptors (Lipinski definition) is 6. The van der Waals surface area contributed by atoms with Gasteiger partial charge in [-0.05, 0) is 36.5 Å². The topological polar surface area (TPSA) is 199 Å². The second kappa shape index (κ2) is 15.2. The molecule has 0 bridgehead atoms.